The lowest BCUT2D eigenvalue weighted by atomic mass is 10.1. The van der Waals surface area contributed by atoms with E-state index in [4.69, 9.17) is 5.73 Å². The summed E-state index contributed by atoms with van der Waals surface area (Å²) in [5, 5.41) is 10.7. The van der Waals surface area contributed by atoms with Gasteiger partial charge in [0.2, 0.25) is 0 Å². The Morgan fingerprint density at radius 3 is 2.64 bits per heavy atom. The molecule has 1 heterocycles. The van der Waals surface area contributed by atoms with Crippen molar-refractivity contribution >= 4 is 33.3 Å². The molecule has 0 bridgehead atoms. The van der Waals surface area contributed by atoms with Crippen LogP contribution in [0.15, 0.2) is 53.0 Å². The number of carbonyl (C=O) groups is 1. The molecule has 0 atom stereocenters. The van der Waals surface area contributed by atoms with Crippen LogP contribution in [0.5, 0.6) is 0 Å². The summed E-state index contributed by atoms with van der Waals surface area (Å²) < 4.78 is 2.48. The molecule has 0 aliphatic heterocycles. The van der Waals surface area contributed by atoms with E-state index in [2.05, 4.69) is 38.5 Å². The van der Waals surface area contributed by atoms with Gasteiger partial charge >= 0.3 is 0 Å². The average Bonchev–Trinajstić information content (AvgIpc) is 2.96. The van der Waals surface area contributed by atoms with Gasteiger partial charge in [-0.25, -0.2) is 4.68 Å². The normalized spacial score (nSPS) is 10.6. The zero-order valence-corrected chi connectivity index (χ0v) is 15.3. The molecule has 0 aliphatic carbocycles. The van der Waals surface area contributed by atoms with Crippen molar-refractivity contribution < 1.29 is 4.79 Å². The number of nitrogens with two attached hydrogens (primary N) is 1. The first-order valence-corrected chi connectivity index (χ1v) is 8.70. The van der Waals surface area contributed by atoms with Crippen LogP contribution in [0.2, 0.25) is 0 Å². The first kappa shape index (κ1) is 17.2. The van der Waals surface area contributed by atoms with Crippen LogP contribution in [0.25, 0.3) is 0 Å². The summed E-state index contributed by atoms with van der Waals surface area (Å²) in [4.78, 5) is 12.4. The van der Waals surface area contributed by atoms with Crippen molar-refractivity contribution in [1.29, 1.82) is 0 Å². The Hall–Kier alpha value is -2.67. The van der Waals surface area contributed by atoms with Crippen molar-refractivity contribution in [3.63, 3.8) is 0 Å². The molecule has 0 fully saturated rings. The van der Waals surface area contributed by atoms with E-state index in [-0.39, 0.29) is 17.4 Å². The Morgan fingerprint density at radius 2 is 1.96 bits per heavy atom. The maximum Gasteiger partial charge on any atom is 0.280 e. The van der Waals surface area contributed by atoms with Gasteiger partial charge in [0, 0.05) is 10.2 Å². The molecular weight excluding hydrogens is 382 g/mol. The number of halogens is 1. The standard InChI is InChI=1S/C18H18BrN5O/c1-2-12-6-8-15(9-7-12)21-18(25)16-17(20)24(23-22-16)11-13-4-3-5-14(19)10-13/h3-10H,2,11,20H2,1H3,(H,21,25). The van der Waals surface area contributed by atoms with Crippen molar-refractivity contribution in [1.82, 2.24) is 15.0 Å². The molecule has 128 valence electrons. The highest BCUT2D eigenvalue weighted by Gasteiger charge is 2.17. The number of nitrogens with one attached hydrogen (secondary N) is 1. The molecule has 7 heteroatoms. The highest BCUT2D eigenvalue weighted by molar-refractivity contribution is 9.10. The van der Waals surface area contributed by atoms with Crippen LogP contribution < -0.4 is 11.1 Å². The number of hydrogen-bond acceptors (Lipinski definition) is 4. The van der Waals surface area contributed by atoms with E-state index in [1.165, 1.54) is 10.2 Å². The van der Waals surface area contributed by atoms with Gasteiger partial charge in [0.1, 0.15) is 0 Å². The van der Waals surface area contributed by atoms with Crippen LogP contribution in [-0.2, 0) is 13.0 Å². The minimum absolute atomic E-state index is 0.120. The Balaban J connectivity index is 1.74. The Bertz CT molecular complexity index is 889. The molecule has 1 aromatic heterocycles. The van der Waals surface area contributed by atoms with Gasteiger partial charge in [-0.15, -0.1) is 5.10 Å². The fourth-order valence-corrected chi connectivity index (χ4v) is 2.87. The topological polar surface area (TPSA) is 85.8 Å². The molecule has 0 unspecified atom stereocenters. The van der Waals surface area contributed by atoms with E-state index in [9.17, 15) is 4.79 Å². The van der Waals surface area contributed by atoms with Crippen LogP contribution in [0.1, 0.15) is 28.5 Å². The van der Waals surface area contributed by atoms with E-state index in [0.717, 1.165) is 16.5 Å². The van der Waals surface area contributed by atoms with Gasteiger partial charge in [-0.1, -0.05) is 52.3 Å². The summed E-state index contributed by atoms with van der Waals surface area (Å²) in [5.41, 5.74) is 9.09. The van der Waals surface area contributed by atoms with Gasteiger partial charge in [0.15, 0.2) is 11.5 Å². The minimum atomic E-state index is -0.373. The van der Waals surface area contributed by atoms with Crippen molar-refractivity contribution in [2.75, 3.05) is 11.1 Å². The quantitative estimate of drug-likeness (QED) is 0.687. The average molecular weight is 400 g/mol. The Kier molecular flexibility index (Phi) is 5.14. The number of aromatic nitrogens is 3. The Labute approximate surface area is 154 Å². The third kappa shape index (κ3) is 4.06. The SMILES string of the molecule is CCc1ccc(NC(=O)c2nnn(Cc3cccc(Br)c3)c2N)cc1. The maximum absolute atomic E-state index is 12.4. The lowest BCUT2D eigenvalue weighted by Crippen LogP contribution is -2.15. The second-order valence-electron chi connectivity index (χ2n) is 5.62. The molecule has 6 nitrogen and oxygen atoms in total. The number of nitrogen functional groups attached to an aromatic ring is 1. The van der Waals surface area contributed by atoms with E-state index in [1.807, 2.05) is 48.5 Å². The van der Waals surface area contributed by atoms with E-state index < -0.39 is 0 Å². The molecule has 2 aromatic carbocycles. The van der Waals surface area contributed by atoms with Gasteiger partial charge in [-0.3, -0.25) is 4.79 Å². The summed E-state index contributed by atoms with van der Waals surface area (Å²) in [6, 6.07) is 15.5. The summed E-state index contributed by atoms with van der Waals surface area (Å²) in [7, 11) is 0. The van der Waals surface area contributed by atoms with E-state index >= 15 is 0 Å². The third-order valence-electron chi connectivity index (χ3n) is 3.83. The first-order valence-electron chi connectivity index (χ1n) is 7.90. The number of anilines is 2. The van der Waals surface area contributed by atoms with Crippen LogP contribution in [0.4, 0.5) is 11.5 Å². The second-order valence-corrected chi connectivity index (χ2v) is 6.53. The van der Waals surface area contributed by atoms with Crippen LogP contribution in [0, 0.1) is 0 Å². The largest absolute Gasteiger partial charge is 0.382 e. The van der Waals surface area contributed by atoms with E-state index in [0.29, 0.717) is 12.2 Å². The number of hydrogen-bond donors (Lipinski definition) is 2. The minimum Gasteiger partial charge on any atom is -0.382 e. The van der Waals surface area contributed by atoms with Crippen molar-refractivity contribution in [3.05, 3.63) is 69.8 Å². The van der Waals surface area contributed by atoms with Gasteiger partial charge in [-0.05, 0) is 41.8 Å². The van der Waals surface area contributed by atoms with Gasteiger partial charge < -0.3 is 11.1 Å². The number of amides is 1. The lowest BCUT2D eigenvalue weighted by Gasteiger charge is -2.06. The van der Waals surface area contributed by atoms with Gasteiger partial charge in [0.05, 0.1) is 6.54 Å². The van der Waals surface area contributed by atoms with Gasteiger partial charge in [-0.2, -0.15) is 0 Å². The summed E-state index contributed by atoms with van der Waals surface area (Å²) in [5.74, 6) is -0.134. The number of nitrogens with zero attached hydrogens (tertiary/aromatic N) is 3. The lowest BCUT2D eigenvalue weighted by molar-refractivity contribution is 0.102. The fraction of sp³-hybridized carbons (Fsp3) is 0.167. The summed E-state index contributed by atoms with van der Waals surface area (Å²) in [6.45, 7) is 2.52. The molecule has 25 heavy (non-hydrogen) atoms. The zero-order valence-electron chi connectivity index (χ0n) is 13.7. The second kappa shape index (κ2) is 7.48. The fourth-order valence-electron chi connectivity index (χ4n) is 2.42. The molecule has 0 saturated heterocycles. The molecule has 3 N–H and O–H groups in total. The van der Waals surface area contributed by atoms with Gasteiger partial charge in [0.25, 0.3) is 5.91 Å². The van der Waals surface area contributed by atoms with Crippen LogP contribution in [0.3, 0.4) is 0 Å². The zero-order chi connectivity index (χ0) is 17.8. The Morgan fingerprint density at radius 1 is 1.20 bits per heavy atom. The summed E-state index contributed by atoms with van der Waals surface area (Å²) >= 11 is 3.43. The summed E-state index contributed by atoms with van der Waals surface area (Å²) in [6.07, 6.45) is 0.950. The van der Waals surface area contributed by atoms with Crippen molar-refractivity contribution in [2.24, 2.45) is 0 Å². The molecular formula is C18H18BrN5O. The number of rotatable bonds is 5. The van der Waals surface area contributed by atoms with Crippen molar-refractivity contribution in [2.45, 2.75) is 19.9 Å². The monoisotopic (exact) mass is 399 g/mol. The highest BCUT2D eigenvalue weighted by atomic mass is 79.9. The maximum atomic E-state index is 12.4. The number of aryl methyl sites for hydroxylation is 1. The molecule has 3 aromatic rings. The molecule has 0 spiro atoms. The smallest absolute Gasteiger partial charge is 0.280 e. The molecule has 0 saturated carbocycles. The highest BCUT2D eigenvalue weighted by Crippen LogP contribution is 2.17. The molecule has 3 rings (SSSR count). The van der Waals surface area contributed by atoms with Crippen LogP contribution in [-0.4, -0.2) is 20.9 Å². The predicted molar refractivity (Wildman–Crippen MR) is 101 cm³/mol. The number of benzene rings is 2. The van der Waals surface area contributed by atoms with Crippen LogP contribution >= 0.6 is 15.9 Å². The van der Waals surface area contributed by atoms with E-state index in [1.54, 1.807) is 0 Å². The molecule has 1 amide bonds. The third-order valence-corrected chi connectivity index (χ3v) is 4.32. The van der Waals surface area contributed by atoms with Crippen molar-refractivity contribution in [3.8, 4) is 0 Å². The molecule has 0 radical (unpaired) electrons. The first-order chi connectivity index (χ1) is 12.1. The predicted octanol–water partition coefficient (Wildman–Crippen LogP) is 3.49. The number of carbonyl (C=O) groups excluding carboxylic acids is 1. The molecule has 0 aliphatic rings.